The maximum Gasteiger partial charge on any atom is 0.174 e. The molecular formula is C15H13FN2O2. The fourth-order valence-corrected chi connectivity index (χ4v) is 1.65. The first kappa shape index (κ1) is 13.7. The number of anilines is 1. The Morgan fingerprint density at radius 2 is 1.95 bits per heavy atom. The summed E-state index contributed by atoms with van der Waals surface area (Å²) in [4.78, 5) is 0. The van der Waals surface area contributed by atoms with E-state index in [0.717, 1.165) is 11.3 Å². The average molecular weight is 272 g/mol. The number of halogens is 1. The average Bonchev–Trinajstić information content (AvgIpc) is 2.47. The SMILES string of the molecule is N#CCOc1ccc(NCc2ccc(O)c(F)c2)cc1. The van der Waals surface area contributed by atoms with Crippen molar-refractivity contribution in [2.45, 2.75) is 6.54 Å². The molecule has 0 fully saturated rings. The van der Waals surface area contributed by atoms with E-state index in [1.165, 1.54) is 12.1 Å². The quantitative estimate of drug-likeness (QED) is 0.878. The molecule has 0 aliphatic carbocycles. The summed E-state index contributed by atoms with van der Waals surface area (Å²) in [5.74, 6) is -0.370. The molecule has 0 amide bonds. The highest BCUT2D eigenvalue weighted by atomic mass is 19.1. The van der Waals surface area contributed by atoms with Gasteiger partial charge in [-0.3, -0.25) is 0 Å². The van der Waals surface area contributed by atoms with Gasteiger partial charge in [0.25, 0.3) is 0 Å². The molecule has 4 nitrogen and oxygen atoms in total. The Labute approximate surface area is 116 Å². The predicted molar refractivity (Wildman–Crippen MR) is 72.9 cm³/mol. The second-order valence-electron chi connectivity index (χ2n) is 4.11. The summed E-state index contributed by atoms with van der Waals surface area (Å²) in [6.07, 6.45) is 0. The van der Waals surface area contributed by atoms with Gasteiger partial charge in [-0.25, -0.2) is 4.39 Å². The molecule has 0 aliphatic rings. The van der Waals surface area contributed by atoms with Crippen molar-refractivity contribution in [1.82, 2.24) is 0 Å². The minimum Gasteiger partial charge on any atom is -0.505 e. The minimum absolute atomic E-state index is 0.0135. The zero-order chi connectivity index (χ0) is 14.4. The van der Waals surface area contributed by atoms with Crippen LogP contribution < -0.4 is 10.1 Å². The van der Waals surface area contributed by atoms with Crippen LogP contribution in [0.5, 0.6) is 11.5 Å². The smallest absolute Gasteiger partial charge is 0.174 e. The number of nitrogens with zero attached hydrogens (tertiary/aromatic N) is 1. The summed E-state index contributed by atoms with van der Waals surface area (Å²) < 4.78 is 18.3. The van der Waals surface area contributed by atoms with E-state index in [2.05, 4.69) is 5.32 Å². The van der Waals surface area contributed by atoms with Crippen LogP contribution in [-0.4, -0.2) is 11.7 Å². The number of phenols is 1. The summed E-state index contributed by atoms with van der Waals surface area (Å²) in [5, 5.41) is 20.6. The Bertz CT molecular complexity index is 621. The lowest BCUT2D eigenvalue weighted by Gasteiger charge is -2.08. The predicted octanol–water partition coefficient (Wildman–Crippen LogP) is 3.05. The maximum atomic E-state index is 13.2. The number of hydrogen-bond donors (Lipinski definition) is 2. The standard InChI is InChI=1S/C15H13FN2O2/c16-14-9-11(1-6-15(14)19)10-18-12-2-4-13(5-3-12)20-8-7-17/h1-6,9,18-19H,8,10H2. The van der Waals surface area contributed by atoms with Gasteiger partial charge in [-0.05, 0) is 42.0 Å². The van der Waals surface area contributed by atoms with Gasteiger partial charge in [-0.1, -0.05) is 6.07 Å². The van der Waals surface area contributed by atoms with Crippen LogP contribution in [0.4, 0.5) is 10.1 Å². The van der Waals surface area contributed by atoms with E-state index < -0.39 is 5.82 Å². The highest BCUT2D eigenvalue weighted by Crippen LogP contribution is 2.19. The normalized spacial score (nSPS) is 9.80. The Morgan fingerprint density at radius 1 is 1.20 bits per heavy atom. The molecule has 0 saturated carbocycles. The molecule has 5 heteroatoms. The Balaban J connectivity index is 1.93. The van der Waals surface area contributed by atoms with Crippen LogP contribution in [-0.2, 0) is 6.54 Å². The first-order valence-electron chi connectivity index (χ1n) is 6.00. The molecular weight excluding hydrogens is 259 g/mol. The molecule has 2 aromatic rings. The third-order valence-corrected chi connectivity index (χ3v) is 2.67. The van der Waals surface area contributed by atoms with Crippen molar-refractivity contribution < 1.29 is 14.2 Å². The number of nitrogens with one attached hydrogen (secondary N) is 1. The van der Waals surface area contributed by atoms with Gasteiger partial charge in [0.2, 0.25) is 0 Å². The number of phenolic OH excluding ortho intramolecular Hbond substituents is 1. The molecule has 0 atom stereocenters. The first-order valence-corrected chi connectivity index (χ1v) is 6.00. The number of ether oxygens (including phenoxy) is 1. The summed E-state index contributed by atoms with van der Waals surface area (Å²) in [6, 6.07) is 13.3. The van der Waals surface area contributed by atoms with Crippen LogP contribution in [0.25, 0.3) is 0 Å². The van der Waals surface area contributed by atoms with Crippen molar-refractivity contribution >= 4 is 5.69 Å². The summed E-state index contributed by atoms with van der Waals surface area (Å²) >= 11 is 0. The van der Waals surface area contributed by atoms with Crippen LogP contribution in [0.2, 0.25) is 0 Å². The fourth-order valence-electron chi connectivity index (χ4n) is 1.65. The minimum atomic E-state index is -0.635. The van der Waals surface area contributed by atoms with E-state index in [0.29, 0.717) is 12.3 Å². The largest absolute Gasteiger partial charge is 0.505 e. The number of benzene rings is 2. The Kier molecular flexibility index (Phi) is 4.40. The number of nitriles is 1. The van der Waals surface area contributed by atoms with E-state index >= 15 is 0 Å². The van der Waals surface area contributed by atoms with Gasteiger partial charge in [0, 0.05) is 12.2 Å². The molecule has 0 bridgehead atoms. The fraction of sp³-hybridized carbons (Fsp3) is 0.133. The van der Waals surface area contributed by atoms with Gasteiger partial charge in [0.05, 0.1) is 0 Å². The third kappa shape index (κ3) is 3.62. The van der Waals surface area contributed by atoms with Gasteiger partial charge in [0.1, 0.15) is 11.8 Å². The molecule has 0 saturated heterocycles. The van der Waals surface area contributed by atoms with E-state index in [1.807, 2.05) is 18.2 Å². The number of rotatable bonds is 5. The van der Waals surface area contributed by atoms with E-state index in [1.54, 1.807) is 18.2 Å². The summed E-state index contributed by atoms with van der Waals surface area (Å²) in [6.45, 7) is 0.454. The molecule has 0 unspecified atom stereocenters. The van der Waals surface area contributed by atoms with Crippen LogP contribution in [0.3, 0.4) is 0 Å². The molecule has 2 N–H and O–H groups in total. The molecule has 20 heavy (non-hydrogen) atoms. The van der Waals surface area contributed by atoms with E-state index in [9.17, 15) is 4.39 Å². The van der Waals surface area contributed by atoms with Crippen molar-refractivity contribution in [3.05, 3.63) is 53.8 Å². The van der Waals surface area contributed by atoms with E-state index in [-0.39, 0.29) is 12.4 Å². The highest BCUT2D eigenvalue weighted by Gasteiger charge is 2.01. The Hall–Kier alpha value is -2.74. The first-order chi connectivity index (χ1) is 9.69. The highest BCUT2D eigenvalue weighted by molar-refractivity contribution is 5.47. The lowest BCUT2D eigenvalue weighted by molar-refractivity contribution is 0.368. The van der Waals surface area contributed by atoms with Gasteiger partial charge >= 0.3 is 0 Å². The van der Waals surface area contributed by atoms with Gasteiger partial charge < -0.3 is 15.2 Å². The zero-order valence-electron chi connectivity index (χ0n) is 10.6. The molecule has 0 radical (unpaired) electrons. The van der Waals surface area contributed by atoms with Gasteiger partial charge in [-0.15, -0.1) is 0 Å². The Morgan fingerprint density at radius 3 is 2.60 bits per heavy atom. The second-order valence-corrected chi connectivity index (χ2v) is 4.11. The van der Waals surface area contributed by atoms with Crippen LogP contribution >= 0.6 is 0 Å². The lowest BCUT2D eigenvalue weighted by Crippen LogP contribution is -2.00. The van der Waals surface area contributed by atoms with Gasteiger partial charge in [-0.2, -0.15) is 5.26 Å². The van der Waals surface area contributed by atoms with Crippen LogP contribution in [0, 0.1) is 17.1 Å². The van der Waals surface area contributed by atoms with Crippen molar-refractivity contribution in [3.63, 3.8) is 0 Å². The van der Waals surface area contributed by atoms with Crippen molar-refractivity contribution in [3.8, 4) is 17.6 Å². The van der Waals surface area contributed by atoms with E-state index in [4.69, 9.17) is 15.1 Å². The van der Waals surface area contributed by atoms with Crippen LogP contribution in [0.15, 0.2) is 42.5 Å². The monoisotopic (exact) mass is 272 g/mol. The molecule has 2 rings (SSSR count). The molecule has 0 aliphatic heterocycles. The number of hydrogen-bond acceptors (Lipinski definition) is 4. The topological polar surface area (TPSA) is 65.3 Å². The maximum absolute atomic E-state index is 13.2. The third-order valence-electron chi connectivity index (χ3n) is 2.67. The van der Waals surface area contributed by atoms with Crippen molar-refractivity contribution in [2.24, 2.45) is 0 Å². The summed E-state index contributed by atoms with van der Waals surface area (Å²) in [7, 11) is 0. The number of aromatic hydroxyl groups is 1. The molecule has 102 valence electrons. The lowest BCUT2D eigenvalue weighted by atomic mass is 10.2. The molecule has 0 heterocycles. The molecule has 2 aromatic carbocycles. The van der Waals surface area contributed by atoms with Crippen molar-refractivity contribution in [2.75, 3.05) is 11.9 Å². The van der Waals surface area contributed by atoms with Gasteiger partial charge in [0.15, 0.2) is 18.2 Å². The molecule has 0 aromatic heterocycles. The zero-order valence-corrected chi connectivity index (χ0v) is 10.6. The van der Waals surface area contributed by atoms with Crippen LogP contribution in [0.1, 0.15) is 5.56 Å². The van der Waals surface area contributed by atoms with Crippen molar-refractivity contribution in [1.29, 1.82) is 5.26 Å². The molecule has 0 spiro atoms. The second kappa shape index (κ2) is 6.43. The summed E-state index contributed by atoms with van der Waals surface area (Å²) in [5.41, 5.74) is 1.58.